The number of amides is 1. The van der Waals surface area contributed by atoms with Crippen molar-refractivity contribution in [3.05, 3.63) is 78.4 Å². The zero-order chi connectivity index (χ0) is 22.1. The van der Waals surface area contributed by atoms with E-state index < -0.39 is 0 Å². The van der Waals surface area contributed by atoms with E-state index >= 15 is 0 Å². The molecular formula is C21H17FN6O3S. The van der Waals surface area contributed by atoms with Gasteiger partial charge in [-0.1, -0.05) is 11.8 Å². The van der Waals surface area contributed by atoms with Gasteiger partial charge in [-0.15, -0.1) is 10.2 Å². The number of thioether (sulfide) groups is 1. The lowest BCUT2D eigenvalue weighted by Gasteiger charge is -2.19. The van der Waals surface area contributed by atoms with Gasteiger partial charge in [0.05, 0.1) is 18.3 Å². The molecule has 0 spiro atoms. The summed E-state index contributed by atoms with van der Waals surface area (Å²) in [7, 11) is 0. The number of benzene rings is 1. The Kier molecular flexibility index (Phi) is 5.23. The maximum absolute atomic E-state index is 13.2. The van der Waals surface area contributed by atoms with Crippen LogP contribution in [0.2, 0.25) is 0 Å². The molecule has 1 aromatic carbocycles. The Morgan fingerprint density at radius 1 is 1.12 bits per heavy atom. The van der Waals surface area contributed by atoms with Gasteiger partial charge in [0, 0.05) is 12.0 Å². The smallest absolute Gasteiger partial charge is 0.253 e. The van der Waals surface area contributed by atoms with Crippen LogP contribution in [0.15, 0.2) is 80.1 Å². The number of hydrogen-bond donors (Lipinski definition) is 1. The highest BCUT2D eigenvalue weighted by Crippen LogP contribution is 2.34. The Morgan fingerprint density at radius 3 is 2.62 bits per heavy atom. The van der Waals surface area contributed by atoms with Gasteiger partial charge in [-0.3, -0.25) is 4.79 Å². The number of nitrogens with zero attached hydrogens (tertiary/aromatic N) is 5. The minimum Gasteiger partial charge on any atom is -0.467 e. The summed E-state index contributed by atoms with van der Waals surface area (Å²) in [6, 6.07) is 12.5. The second-order valence-corrected chi connectivity index (χ2v) is 7.91. The fraction of sp³-hybridized carbons (Fsp3) is 0.143. The van der Waals surface area contributed by atoms with Gasteiger partial charge in [0.2, 0.25) is 5.16 Å². The number of carbonyl (C=O) groups is 1. The second-order valence-electron chi connectivity index (χ2n) is 6.97. The lowest BCUT2D eigenvalue weighted by Crippen LogP contribution is -2.28. The van der Waals surface area contributed by atoms with E-state index in [1.807, 2.05) is 6.07 Å². The zero-order valence-electron chi connectivity index (χ0n) is 16.6. The summed E-state index contributed by atoms with van der Waals surface area (Å²) in [6.45, 7) is 0. The molecule has 0 bridgehead atoms. The third kappa shape index (κ3) is 3.78. The van der Waals surface area contributed by atoms with Gasteiger partial charge in [-0.05, 0) is 48.5 Å². The first-order valence-electron chi connectivity index (χ1n) is 9.66. The Hall–Kier alpha value is -3.86. The van der Waals surface area contributed by atoms with Crippen LogP contribution >= 0.6 is 11.8 Å². The SMILES string of the molecule is Nn1c(SCC(=O)N2N=C(c3ccco3)CC2c2ccco2)nnc1-c1ccc(F)cc1. The molecule has 4 aromatic rings. The lowest BCUT2D eigenvalue weighted by molar-refractivity contribution is -0.130. The van der Waals surface area contributed by atoms with Crippen molar-refractivity contribution in [1.82, 2.24) is 19.9 Å². The normalized spacial score (nSPS) is 15.8. The summed E-state index contributed by atoms with van der Waals surface area (Å²) in [5.41, 5.74) is 1.28. The number of hydrogen-bond acceptors (Lipinski definition) is 8. The van der Waals surface area contributed by atoms with Gasteiger partial charge in [-0.25, -0.2) is 14.1 Å². The Bertz CT molecular complexity index is 1250. The van der Waals surface area contributed by atoms with Crippen molar-refractivity contribution in [3.8, 4) is 11.4 Å². The van der Waals surface area contributed by atoms with E-state index in [4.69, 9.17) is 14.7 Å². The van der Waals surface area contributed by atoms with E-state index in [0.29, 0.717) is 40.2 Å². The van der Waals surface area contributed by atoms with Crippen LogP contribution < -0.4 is 5.84 Å². The molecule has 0 fully saturated rings. The molecule has 1 aliphatic heterocycles. The quantitative estimate of drug-likeness (QED) is 0.352. The van der Waals surface area contributed by atoms with Crippen molar-refractivity contribution in [2.45, 2.75) is 17.6 Å². The van der Waals surface area contributed by atoms with Crippen molar-refractivity contribution in [2.24, 2.45) is 5.10 Å². The molecule has 5 rings (SSSR count). The van der Waals surface area contributed by atoms with Crippen LogP contribution in [-0.4, -0.2) is 37.3 Å². The van der Waals surface area contributed by atoms with E-state index in [-0.39, 0.29) is 23.5 Å². The Labute approximate surface area is 185 Å². The van der Waals surface area contributed by atoms with Crippen LogP contribution in [0, 0.1) is 5.82 Å². The number of carbonyl (C=O) groups excluding carboxylic acids is 1. The van der Waals surface area contributed by atoms with E-state index in [1.165, 1.54) is 21.8 Å². The highest BCUT2D eigenvalue weighted by atomic mass is 32.2. The first-order chi connectivity index (χ1) is 15.6. The van der Waals surface area contributed by atoms with Crippen LogP contribution in [0.4, 0.5) is 4.39 Å². The molecule has 162 valence electrons. The molecule has 1 atom stereocenters. The largest absolute Gasteiger partial charge is 0.467 e. The standard InChI is InChI=1S/C21H17FN6O3S/c22-14-7-5-13(6-8-14)20-24-25-21(27(20)23)32-12-19(29)28-16(18-4-2-10-31-18)11-15(26-28)17-3-1-9-30-17/h1-10,16H,11-12,23H2. The molecule has 3 aromatic heterocycles. The van der Waals surface area contributed by atoms with Crippen LogP contribution in [0.3, 0.4) is 0 Å². The first kappa shape index (κ1) is 20.1. The van der Waals surface area contributed by atoms with Crippen molar-refractivity contribution >= 4 is 23.4 Å². The summed E-state index contributed by atoms with van der Waals surface area (Å²) in [6.07, 6.45) is 3.59. The fourth-order valence-electron chi connectivity index (χ4n) is 3.40. The van der Waals surface area contributed by atoms with Crippen molar-refractivity contribution in [2.75, 3.05) is 11.6 Å². The monoisotopic (exact) mass is 452 g/mol. The molecule has 1 unspecified atom stereocenters. The van der Waals surface area contributed by atoms with Gasteiger partial charge in [0.25, 0.3) is 5.91 Å². The number of halogens is 1. The van der Waals surface area contributed by atoms with E-state index in [0.717, 1.165) is 11.8 Å². The van der Waals surface area contributed by atoms with Gasteiger partial charge in [0.15, 0.2) is 5.82 Å². The highest BCUT2D eigenvalue weighted by Gasteiger charge is 2.35. The van der Waals surface area contributed by atoms with E-state index in [1.54, 1.807) is 42.9 Å². The summed E-state index contributed by atoms with van der Waals surface area (Å²) >= 11 is 1.13. The topological polar surface area (TPSA) is 116 Å². The predicted octanol–water partition coefficient (Wildman–Crippen LogP) is 3.45. The minimum absolute atomic E-state index is 0.0326. The molecule has 1 amide bonds. The summed E-state index contributed by atoms with van der Waals surface area (Å²) < 4.78 is 25.4. The van der Waals surface area contributed by atoms with Gasteiger partial charge in [0.1, 0.15) is 29.1 Å². The van der Waals surface area contributed by atoms with Crippen LogP contribution in [0.5, 0.6) is 0 Å². The van der Waals surface area contributed by atoms with Crippen LogP contribution in [-0.2, 0) is 4.79 Å². The maximum atomic E-state index is 13.2. The lowest BCUT2D eigenvalue weighted by atomic mass is 10.1. The average Bonchev–Trinajstić information content (AvgIpc) is 3.59. The van der Waals surface area contributed by atoms with Crippen molar-refractivity contribution < 1.29 is 18.0 Å². The number of nitrogens with two attached hydrogens (primary N) is 1. The maximum Gasteiger partial charge on any atom is 0.253 e. The summed E-state index contributed by atoms with van der Waals surface area (Å²) in [5.74, 6) is 7.14. The van der Waals surface area contributed by atoms with Gasteiger partial charge < -0.3 is 14.7 Å². The van der Waals surface area contributed by atoms with E-state index in [2.05, 4.69) is 15.3 Å². The molecule has 0 aliphatic carbocycles. The van der Waals surface area contributed by atoms with Crippen molar-refractivity contribution in [3.63, 3.8) is 0 Å². The predicted molar refractivity (Wildman–Crippen MR) is 114 cm³/mol. The third-order valence-corrected chi connectivity index (χ3v) is 5.86. The Morgan fingerprint density at radius 2 is 1.91 bits per heavy atom. The minimum atomic E-state index is -0.372. The zero-order valence-corrected chi connectivity index (χ0v) is 17.4. The number of hydrazone groups is 1. The molecule has 0 radical (unpaired) electrons. The van der Waals surface area contributed by atoms with Crippen LogP contribution in [0.1, 0.15) is 24.0 Å². The number of nitrogen functional groups attached to an aromatic ring is 1. The average molecular weight is 452 g/mol. The first-order valence-corrected chi connectivity index (χ1v) is 10.6. The highest BCUT2D eigenvalue weighted by molar-refractivity contribution is 7.99. The molecule has 11 heteroatoms. The molecule has 32 heavy (non-hydrogen) atoms. The number of rotatable bonds is 6. The molecule has 9 nitrogen and oxygen atoms in total. The molecule has 0 saturated carbocycles. The van der Waals surface area contributed by atoms with Crippen LogP contribution in [0.25, 0.3) is 11.4 Å². The number of furan rings is 2. The second kappa shape index (κ2) is 8.35. The van der Waals surface area contributed by atoms with Gasteiger partial charge >= 0.3 is 0 Å². The summed E-state index contributed by atoms with van der Waals surface area (Å²) in [4.78, 5) is 13.1. The van der Waals surface area contributed by atoms with Crippen molar-refractivity contribution in [1.29, 1.82) is 0 Å². The number of aromatic nitrogens is 3. The molecule has 4 heterocycles. The fourth-order valence-corrected chi connectivity index (χ4v) is 4.11. The van der Waals surface area contributed by atoms with E-state index in [9.17, 15) is 9.18 Å². The van der Waals surface area contributed by atoms with Gasteiger partial charge in [-0.2, -0.15) is 5.10 Å². The molecule has 2 N–H and O–H groups in total. The third-order valence-electron chi connectivity index (χ3n) is 4.93. The molecule has 1 aliphatic rings. The molecule has 0 saturated heterocycles. The summed E-state index contributed by atoms with van der Waals surface area (Å²) in [5, 5.41) is 14.4. The Balaban J connectivity index is 1.33. The molecular weight excluding hydrogens is 435 g/mol.